The Morgan fingerprint density at radius 2 is 2.06 bits per heavy atom. The van der Waals surface area contributed by atoms with E-state index in [0.717, 1.165) is 23.5 Å². The molecular formula is C13H19NO2S. The highest BCUT2D eigenvalue weighted by Gasteiger charge is 2.04. The molecule has 0 aliphatic heterocycles. The number of carbonyl (C=O) groups excluding carboxylic acids is 1. The number of nitrogen functional groups attached to an aromatic ring is 1. The van der Waals surface area contributed by atoms with Crippen LogP contribution in [0.1, 0.15) is 18.9 Å². The Labute approximate surface area is 107 Å². The highest BCUT2D eigenvalue weighted by atomic mass is 32.2. The summed E-state index contributed by atoms with van der Waals surface area (Å²) in [5, 5.41) is 0. The quantitative estimate of drug-likeness (QED) is 0.461. The highest BCUT2D eigenvalue weighted by molar-refractivity contribution is 7.99. The predicted octanol–water partition coefficient (Wildman–Crippen LogP) is 2.50. The van der Waals surface area contributed by atoms with Crippen LogP contribution in [-0.2, 0) is 16.0 Å². The molecular weight excluding hydrogens is 234 g/mol. The number of carbonyl (C=O) groups is 1. The first-order chi connectivity index (χ1) is 8.22. The molecule has 0 bridgehead atoms. The summed E-state index contributed by atoms with van der Waals surface area (Å²) in [5.41, 5.74) is 7.21. The average Bonchev–Trinajstić information content (AvgIpc) is 2.32. The number of anilines is 1. The molecule has 0 unspecified atom stereocenters. The number of hydrogen-bond acceptors (Lipinski definition) is 4. The third-order valence-corrected chi connectivity index (χ3v) is 3.21. The lowest BCUT2D eigenvalue weighted by molar-refractivity contribution is -0.142. The van der Waals surface area contributed by atoms with E-state index in [0.29, 0.717) is 18.7 Å². The van der Waals surface area contributed by atoms with E-state index in [2.05, 4.69) is 6.92 Å². The van der Waals surface area contributed by atoms with Gasteiger partial charge in [0.1, 0.15) is 0 Å². The number of esters is 1. The smallest absolute Gasteiger partial charge is 0.310 e. The SMILES string of the molecule is CCSCCCOC(=O)Cc1ccc(N)cc1. The van der Waals surface area contributed by atoms with E-state index in [1.54, 1.807) is 12.1 Å². The van der Waals surface area contributed by atoms with Crippen LogP contribution in [0.2, 0.25) is 0 Å². The number of thioether (sulfide) groups is 1. The molecule has 0 radical (unpaired) electrons. The molecule has 0 aromatic heterocycles. The van der Waals surface area contributed by atoms with Crippen molar-refractivity contribution in [1.82, 2.24) is 0 Å². The maximum Gasteiger partial charge on any atom is 0.310 e. The van der Waals surface area contributed by atoms with Crippen molar-refractivity contribution in [2.24, 2.45) is 0 Å². The zero-order valence-corrected chi connectivity index (χ0v) is 11.0. The topological polar surface area (TPSA) is 52.3 Å². The van der Waals surface area contributed by atoms with Crippen molar-refractivity contribution in [2.45, 2.75) is 19.8 Å². The fourth-order valence-electron chi connectivity index (χ4n) is 1.34. The van der Waals surface area contributed by atoms with Crippen molar-refractivity contribution in [3.63, 3.8) is 0 Å². The van der Waals surface area contributed by atoms with Crippen LogP contribution >= 0.6 is 11.8 Å². The van der Waals surface area contributed by atoms with Gasteiger partial charge in [-0.3, -0.25) is 4.79 Å². The Kier molecular flexibility index (Phi) is 6.55. The summed E-state index contributed by atoms with van der Waals surface area (Å²) in [6.07, 6.45) is 1.24. The third kappa shape index (κ3) is 6.22. The molecule has 0 atom stereocenters. The lowest BCUT2D eigenvalue weighted by Gasteiger charge is -2.04. The monoisotopic (exact) mass is 253 g/mol. The van der Waals surface area contributed by atoms with Gasteiger partial charge in [-0.2, -0.15) is 11.8 Å². The molecule has 0 aliphatic carbocycles. The van der Waals surface area contributed by atoms with E-state index < -0.39 is 0 Å². The Hall–Kier alpha value is -1.16. The minimum atomic E-state index is -0.170. The number of benzene rings is 1. The summed E-state index contributed by atoms with van der Waals surface area (Å²) >= 11 is 1.86. The van der Waals surface area contributed by atoms with Gasteiger partial charge < -0.3 is 10.5 Å². The second kappa shape index (κ2) is 8.01. The van der Waals surface area contributed by atoms with Gasteiger partial charge in [-0.25, -0.2) is 0 Å². The van der Waals surface area contributed by atoms with Crippen LogP contribution in [0.25, 0.3) is 0 Å². The summed E-state index contributed by atoms with van der Waals surface area (Å²) < 4.78 is 5.14. The number of rotatable bonds is 7. The van der Waals surface area contributed by atoms with Gasteiger partial charge >= 0.3 is 5.97 Å². The number of ether oxygens (including phenoxy) is 1. The third-order valence-electron chi connectivity index (χ3n) is 2.23. The molecule has 0 saturated heterocycles. The Bertz CT molecular complexity index is 338. The van der Waals surface area contributed by atoms with Crippen LogP contribution in [0.3, 0.4) is 0 Å². The molecule has 3 nitrogen and oxygen atoms in total. The molecule has 0 saturated carbocycles. The Morgan fingerprint density at radius 1 is 1.35 bits per heavy atom. The van der Waals surface area contributed by atoms with Gasteiger partial charge in [0, 0.05) is 5.69 Å². The highest BCUT2D eigenvalue weighted by Crippen LogP contribution is 2.07. The summed E-state index contributed by atoms with van der Waals surface area (Å²) in [7, 11) is 0. The fraction of sp³-hybridized carbons (Fsp3) is 0.462. The molecule has 0 aliphatic rings. The molecule has 0 heterocycles. The predicted molar refractivity (Wildman–Crippen MR) is 73.1 cm³/mol. The summed E-state index contributed by atoms with van der Waals surface area (Å²) in [6, 6.07) is 7.29. The lowest BCUT2D eigenvalue weighted by atomic mass is 10.1. The minimum Gasteiger partial charge on any atom is -0.465 e. The normalized spacial score (nSPS) is 10.2. The van der Waals surface area contributed by atoms with Crippen LogP contribution in [0.15, 0.2) is 24.3 Å². The zero-order valence-electron chi connectivity index (χ0n) is 10.1. The molecule has 2 N–H and O–H groups in total. The average molecular weight is 253 g/mol. The summed E-state index contributed by atoms with van der Waals surface area (Å²) in [6.45, 7) is 2.64. The molecule has 1 rings (SSSR count). The largest absolute Gasteiger partial charge is 0.465 e. The van der Waals surface area contributed by atoms with Crippen molar-refractivity contribution in [3.8, 4) is 0 Å². The second-order valence-electron chi connectivity index (χ2n) is 3.69. The van der Waals surface area contributed by atoms with E-state index in [1.807, 2.05) is 23.9 Å². The van der Waals surface area contributed by atoms with Crippen LogP contribution in [0.4, 0.5) is 5.69 Å². The molecule has 94 valence electrons. The number of nitrogens with two attached hydrogens (primary N) is 1. The van der Waals surface area contributed by atoms with Crippen LogP contribution in [0.5, 0.6) is 0 Å². The van der Waals surface area contributed by atoms with Gasteiger partial charge in [-0.05, 0) is 35.6 Å². The first-order valence-corrected chi connectivity index (χ1v) is 6.95. The summed E-state index contributed by atoms with van der Waals surface area (Å²) in [5.74, 6) is 1.99. The Morgan fingerprint density at radius 3 is 2.71 bits per heavy atom. The fourth-order valence-corrected chi connectivity index (χ4v) is 1.96. The van der Waals surface area contributed by atoms with E-state index in [9.17, 15) is 4.79 Å². The van der Waals surface area contributed by atoms with Crippen molar-refractivity contribution >= 4 is 23.4 Å². The lowest BCUT2D eigenvalue weighted by Crippen LogP contribution is -2.09. The van der Waals surface area contributed by atoms with E-state index >= 15 is 0 Å². The van der Waals surface area contributed by atoms with Gasteiger partial charge in [0.2, 0.25) is 0 Å². The van der Waals surface area contributed by atoms with Crippen molar-refractivity contribution in [3.05, 3.63) is 29.8 Å². The van der Waals surface area contributed by atoms with Gasteiger partial charge in [0.25, 0.3) is 0 Å². The van der Waals surface area contributed by atoms with Gasteiger partial charge in [-0.1, -0.05) is 19.1 Å². The first-order valence-electron chi connectivity index (χ1n) is 5.80. The first kappa shape index (κ1) is 13.9. The molecule has 0 spiro atoms. The Balaban J connectivity index is 2.18. The van der Waals surface area contributed by atoms with Crippen molar-refractivity contribution < 1.29 is 9.53 Å². The van der Waals surface area contributed by atoms with E-state index in [4.69, 9.17) is 10.5 Å². The minimum absolute atomic E-state index is 0.170. The molecule has 1 aromatic rings. The second-order valence-corrected chi connectivity index (χ2v) is 5.08. The summed E-state index contributed by atoms with van der Waals surface area (Å²) in [4.78, 5) is 11.5. The van der Waals surface area contributed by atoms with Gasteiger partial charge in [0.05, 0.1) is 13.0 Å². The van der Waals surface area contributed by atoms with Crippen LogP contribution < -0.4 is 5.73 Å². The molecule has 17 heavy (non-hydrogen) atoms. The maximum atomic E-state index is 11.5. The van der Waals surface area contributed by atoms with Gasteiger partial charge in [-0.15, -0.1) is 0 Å². The molecule has 0 amide bonds. The van der Waals surface area contributed by atoms with Crippen molar-refractivity contribution in [2.75, 3.05) is 23.8 Å². The maximum absolute atomic E-state index is 11.5. The standard InChI is InChI=1S/C13H19NO2S/c1-2-17-9-3-8-16-13(15)10-11-4-6-12(14)7-5-11/h4-7H,2-3,8-10,14H2,1H3. The van der Waals surface area contributed by atoms with E-state index in [-0.39, 0.29) is 5.97 Å². The zero-order chi connectivity index (χ0) is 12.5. The van der Waals surface area contributed by atoms with E-state index in [1.165, 1.54) is 0 Å². The number of hydrogen-bond donors (Lipinski definition) is 1. The molecule has 4 heteroatoms. The van der Waals surface area contributed by atoms with Crippen LogP contribution in [0, 0.1) is 0 Å². The molecule has 1 aromatic carbocycles. The van der Waals surface area contributed by atoms with Crippen LogP contribution in [-0.4, -0.2) is 24.1 Å². The van der Waals surface area contributed by atoms with Crippen molar-refractivity contribution in [1.29, 1.82) is 0 Å². The molecule has 0 fully saturated rings. The van der Waals surface area contributed by atoms with Gasteiger partial charge in [0.15, 0.2) is 0 Å².